The molecule has 0 bridgehead atoms. The lowest BCUT2D eigenvalue weighted by Crippen LogP contribution is -2.49. The van der Waals surface area contributed by atoms with Crippen LogP contribution in [0.4, 0.5) is 4.79 Å². The van der Waals surface area contributed by atoms with Crippen LogP contribution in [0.25, 0.3) is 0 Å². The maximum Gasteiger partial charge on any atom is 0.409 e. The van der Waals surface area contributed by atoms with E-state index in [1.54, 1.807) is 11.0 Å². The van der Waals surface area contributed by atoms with Gasteiger partial charge in [-0.25, -0.2) is 4.79 Å². The van der Waals surface area contributed by atoms with Crippen molar-refractivity contribution in [2.75, 3.05) is 45.9 Å². The molecule has 21 heavy (non-hydrogen) atoms. The molecule has 6 heteroatoms. The zero-order valence-electron chi connectivity index (χ0n) is 12.3. The molecule has 1 aromatic rings. The molecule has 0 aromatic heterocycles. The van der Waals surface area contributed by atoms with E-state index in [-0.39, 0.29) is 6.09 Å². The van der Waals surface area contributed by atoms with Gasteiger partial charge in [0.05, 0.1) is 6.61 Å². The summed E-state index contributed by atoms with van der Waals surface area (Å²) in [4.78, 5) is 15.6. The van der Waals surface area contributed by atoms with Crippen LogP contribution in [0.3, 0.4) is 0 Å². The number of benzene rings is 1. The molecule has 1 heterocycles. The fourth-order valence-electron chi connectivity index (χ4n) is 2.22. The third-order valence-electron chi connectivity index (χ3n) is 3.37. The van der Waals surface area contributed by atoms with Crippen molar-refractivity contribution < 1.29 is 14.3 Å². The highest BCUT2D eigenvalue weighted by Crippen LogP contribution is 2.17. The van der Waals surface area contributed by atoms with Gasteiger partial charge in [0.2, 0.25) is 0 Å². The van der Waals surface area contributed by atoms with Gasteiger partial charge in [-0.3, -0.25) is 4.90 Å². The van der Waals surface area contributed by atoms with Gasteiger partial charge in [0.15, 0.2) is 0 Å². The van der Waals surface area contributed by atoms with Gasteiger partial charge in [-0.1, -0.05) is 17.7 Å². The standard InChI is InChI=1S/C15H21ClN2O3/c1-2-20-15(19)18-8-6-17(7-9-18)10-11-21-14-5-3-4-13(16)12-14/h3-5,12H,2,6-11H2,1H3. The molecular formula is C15H21ClN2O3. The van der Waals surface area contributed by atoms with E-state index in [0.717, 1.165) is 25.4 Å². The van der Waals surface area contributed by atoms with E-state index in [2.05, 4.69) is 4.90 Å². The first-order chi connectivity index (χ1) is 10.2. The second kappa shape index (κ2) is 8.10. The number of hydrogen-bond donors (Lipinski definition) is 0. The summed E-state index contributed by atoms with van der Waals surface area (Å²) in [6, 6.07) is 7.39. The number of rotatable bonds is 5. The van der Waals surface area contributed by atoms with E-state index in [0.29, 0.717) is 31.3 Å². The molecule has 1 aliphatic heterocycles. The van der Waals surface area contributed by atoms with Crippen LogP contribution in [0, 0.1) is 0 Å². The molecule has 2 rings (SSSR count). The highest BCUT2D eigenvalue weighted by atomic mass is 35.5. The summed E-state index contributed by atoms with van der Waals surface area (Å²) >= 11 is 5.90. The summed E-state index contributed by atoms with van der Waals surface area (Å²) in [6.45, 7) is 6.79. The van der Waals surface area contributed by atoms with E-state index in [1.807, 2.05) is 25.1 Å². The third-order valence-corrected chi connectivity index (χ3v) is 3.61. The Labute approximate surface area is 130 Å². The largest absolute Gasteiger partial charge is 0.492 e. The van der Waals surface area contributed by atoms with Crippen molar-refractivity contribution in [1.82, 2.24) is 9.80 Å². The predicted molar refractivity (Wildman–Crippen MR) is 82.0 cm³/mol. The minimum Gasteiger partial charge on any atom is -0.492 e. The molecule has 0 saturated carbocycles. The van der Waals surface area contributed by atoms with Crippen LogP contribution in [0.2, 0.25) is 5.02 Å². The molecule has 1 fully saturated rings. The smallest absolute Gasteiger partial charge is 0.409 e. The number of nitrogens with zero attached hydrogens (tertiary/aromatic N) is 2. The summed E-state index contributed by atoms with van der Waals surface area (Å²) in [7, 11) is 0. The van der Waals surface area contributed by atoms with E-state index < -0.39 is 0 Å². The maximum absolute atomic E-state index is 11.6. The number of carbonyl (C=O) groups is 1. The van der Waals surface area contributed by atoms with Gasteiger partial charge in [0, 0.05) is 37.7 Å². The van der Waals surface area contributed by atoms with Crippen LogP contribution < -0.4 is 4.74 Å². The van der Waals surface area contributed by atoms with Crippen molar-refractivity contribution in [3.63, 3.8) is 0 Å². The van der Waals surface area contributed by atoms with Gasteiger partial charge in [-0.15, -0.1) is 0 Å². The molecule has 1 saturated heterocycles. The predicted octanol–water partition coefficient (Wildman–Crippen LogP) is 2.49. The molecule has 1 aliphatic rings. The lowest BCUT2D eigenvalue weighted by atomic mass is 10.3. The minimum atomic E-state index is -0.215. The molecule has 0 radical (unpaired) electrons. The van der Waals surface area contributed by atoms with Crippen molar-refractivity contribution in [3.05, 3.63) is 29.3 Å². The van der Waals surface area contributed by atoms with Gasteiger partial charge in [-0.2, -0.15) is 0 Å². The monoisotopic (exact) mass is 312 g/mol. The summed E-state index contributed by atoms with van der Waals surface area (Å²) in [5, 5.41) is 0.676. The topological polar surface area (TPSA) is 42.0 Å². The number of hydrogen-bond acceptors (Lipinski definition) is 4. The number of carbonyl (C=O) groups excluding carboxylic acids is 1. The number of amides is 1. The van der Waals surface area contributed by atoms with Crippen LogP contribution in [0.15, 0.2) is 24.3 Å². The summed E-state index contributed by atoms with van der Waals surface area (Å²) < 4.78 is 10.7. The first-order valence-electron chi connectivity index (χ1n) is 7.21. The van der Waals surface area contributed by atoms with Crippen LogP contribution in [0.5, 0.6) is 5.75 Å². The normalized spacial score (nSPS) is 15.8. The molecule has 1 aromatic carbocycles. The average molecular weight is 313 g/mol. The first kappa shape index (κ1) is 15.9. The fraction of sp³-hybridized carbons (Fsp3) is 0.533. The van der Waals surface area contributed by atoms with Crippen molar-refractivity contribution in [2.24, 2.45) is 0 Å². The van der Waals surface area contributed by atoms with Gasteiger partial charge in [0.1, 0.15) is 12.4 Å². The second-order valence-corrected chi connectivity index (χ2v) is 5.27. The molecule has 0 unspecified atom stereocenters. The van der Waals surface area contributed by atoms with Gasteiger partial charge < -0.3 is 14.4 Å². The molecule has 1 amide bonds. The SMILES string of the molecule is CCOC(=O)N1CCN(CCOc2cccc(Cl)c2)CC1. The summed E-state index contributed by atoms with van der Waals surface area (Å²) in [5.74, 6) is 0.785. The molecule has 0 aliphatic carbocycles. The molecule has 0 spiro atoms. The van der Waals surface area contributed by atoms with E-state index in [1.165, 1.54) is 0 Å². The fourth-order valence-corrected chi connectivity index (χ4v) is 2.40. The number of ether oxygens (including phenoxy) is 2. The molecule has 0 N–H and O–H groups in total. The minimum absolute atomic E-state index is 0.215. The quantitative estimate of drug-likeness (QED) is 0.838. The van der Waals surface area contributed by atoms with Crippen molar-refractivity contribution in [1.29, 1.82) is 0 Å². The Hall–Kier alpha value is -1.46. The Morgan fingerprint density at radius 2 is 2.05 bits per heavy atom. The summed E-state index contributed by atoms with van der Waals surface area (Å²) in [5.41, 5.74) is 0. The van der Waals surface area contributed by atoms with Crippen LogP contribution in [-0.2, 0) is 4.74 Å². The maximum atomic E-state index is 11.6. The Balaban J connectivity index is 1.66. The number of piperazine rings is 1. The Morgan fingerprint density at radius 3 is 2.71 bits per heavy atom. The number of halogens is 1. The highest BCUT2D eigenvalue weighted by Gasteiger charge is 2.21. The van der Waals surface area contributed by atoms with E-state index >= 15 is 0 Å². The zero-order valence-corrected chi connectivity index (χ0v) is 13.0. The Bertz CT molecular complexity index is 462. The van der Waals surface area contributed by atoms with Crippen molar-refractivity contribution in [3.8, 4) is 5.75 Å². The van der Waals surface area contributed by atoms with Crippen LogP contribution in [0.1, 0.15) is 6.92 Å². The summed E-state index contributed by atoms with van der Waals surface area (Å²) in [6.07, 6.45) is -0.215. The molecule has 116 valence electrons. The highest BCUT2D eigenvalue weighted by molar-refractivity contribution is 6.30. The molecular weight excluding hydrogens is 292 g/mol. The molecule has 0 atom stereocenters. The Morgan fingerprint density at radius 1 is 1.29 bits per heavy atom. The second-order valence-electron chi connectivity index (χ2n) is 4.83. The van der Waals surface area contributed by atoms with Gasteiger partial charge in [-0.05, 0) is 25.1 Å². The lowest BCUT2D eigenvalue weighted by Gasteiger charge is -2.33. The van der Waals surface area contributed by atoms with Gasteiger partial charge >= 0.3 is 6.09 Å². The zero-order chi connectivity index (χ0) is 15.1. The van der Waals surface area contributed by atoms with Crippen LogP contribution >= 0.6 is 11.6 Å². The third kappa shape index (κ3) is 5.10. The van der Waals surface area contributed by atoms with Crippen molar-refractivity contribution >= 4 is 17.7 Å². The van der Waals surface area contributed by atoms with Crippen molar-refractivity contribution in [2.45, 2.75) is 6.92 Å². The average Bonchev–Trinajstić information content (AvgIpc) is 2.48. The lowest BCUT2D eigenvalue weighted by molar-refractivity contribution is 0.0757. The van der Waals surface area contributed by atoms with Gasteiger partial charge in [0.25, 0.3) is 0 Å². The van der Waals surface area contributed by atoms with E-state index in [9.17, 15) is 4.79 Å². The van der Waals surface area contributed by atoms with E-state index in [4.69, 9.17) is 21.1 Å². The van der Waals surface area contributed by atoms with Crippen LogP contribution in [-0.4, -0.2) is 61.8 Å². The Kier molecular flexibility index (Phi) is 6.14. The molecule has 5 nitrogen and oxygen atoms in total. The first-order valence-corrected chi connectivity index (χ1v) is 7.59.